The summed E-state index contributed by atoms with van der Waals surface area (Å²) in [5.74, 6) is -0.897. The predicted octanol–water partition coefficient (Wildman–Crippen LogP) is 3.40. The topological polar surface area (TPSA) is 50.3 Å². The van der Waals surface area contributed by atoms with Gasteiger partial charge >= 0.3 is 0 Å². The van der Waals surface area contributed by atoms with Gasteiger partial charge in [-0.1, -0.05) is 12.2 Å². The molecule has 2 unspecified atom stereocenters. The zero-order chi connectivity index (χ0) is 16.7. The van der Waals surface area contributed by atoms with Gasteiger partial charge < -0.3 is 0 Å². The Morgan fingerprint density at radius 1 is 1.08 bits per heavy atom. The van der Waals surface area contributed by atoms with Crippen molar-refractivity contribution in [3.63, 3.8) is 0 Å². The van der Waals surface area contributed by atoms with Gasteiger partial charge in [0.1, 0.15) is 10.8 Å². The molecule has 1 aromatic heterocycles. The van der Waals surface area contributed by atoms with Crippen LogP contribution in [0.2, 0.25) is 0 Å². The highest BCUT2D eigenvalue weighted by Crippen LogP contribution is 2.36. The van der Waals surface area contributed by atoms with Crippen LogP contribution < -0.4 is 0 Å². The van der Waals surface area contributed by atoms with E-state index in [1.807, 2.05) is 17.5 Å². The van der Waals surface area contributed by atoms with Gasteiger partial charge in [0.05, 0.1) is 24.1 Å². The molecule has 0 radical (unpaired) electrons. The SMILES string of the molecule is O=C1C2CC=CCC2C(=O)N1Cc1csc(-c2ccc(F)cc2)n1. The maximum atomic E-state index is 13.0. The summed E-state index contributed by atoms with van der Waals surface area (Å²) in [5, 5.41) is 2.60. The van der Waals surface area contributed by atoms with E-state index < -0.39 is 0 Å². The molecule has 1 aromatic carbocycles. The molecule has 0 bridgehead atoms. The molecule has 1 aliphatic carbocycles. The summed E-state index contributed by atoms with van der Waals surface area (Å²) < 4.78 is 13.0. The molecule has 2 heterocycles. The van der Waals surface area contributed by atoms with Crippen LogP contribution in [-0.2, 0) is 16.1 Å². The molecule has 2 atom stereocenters. The molecule has 1 aliphatic heterocycles. The predicted molar refractivity (Wildman–Crippen MR) is 88.4 cm³/mol. The molecule has 1 fully saturated rings. The standard InChI is InChI=1S/C18H15FN2O2S/c19-12-7-5-11(6-8-12)16-20-13(10-24-16)9-21-17(22)14-3-1-2-4-15(14)18(21)23/h1-2,5-8,10,14-15H,3-4,9H2. The van der Waals surface area contributed by atoms with Gasteiger partial charge in [-0.05, 0) is 37.1 Å². The Balaban J connectivity index is 1.53. The van der Waals surface area contributed by atoms with Gasteiger partial charge in [-0.3, -0.25) is 14.5 Å². The van der Waals surface area contributed by atoms with Crippen molar-refractivity contribution in [2.24, 2.45) is 11.8 Å². The summed E-state index contributed by atoms with van der Waals surface area (Å²) in [4.78, 5) is 30.8. The van der Waals surface area contributed by atoms with Crippen molar-refractivity contribution in [1.82, 2.24) is 9.88 Å². The third-order valence-electron chi connectivity index (χ3n) is 4.56. The summed E-state index contributed by atoms with van der Waals surface area (Å²) in [6.07, 6.45) is 5.24. The van der Waals surface area contributed by atoms with Crippen LogP contribution in [-0.4, -0.2) is 21.7 Å². The van der Waals surface area contributed by atoms with E-state index in [1.54, 1.807) is 12.1 Å². The number of benzene rings is 1. The van der Waals surface area contributed by atoms with E-state index in [9.17, 15) is 14.0 Å². The van der Waals surface area contributed by atoms with Crippen LogP contribution in [0.5, 0.6) is 0 Å². The molecule has 1 saturated heterocycles. The summed E-state index contributed by atoms with van der Waals surface area (Å²) in [5.41, 5.74) is 1.51. The number of carbonyl (C=O) groups excluding carboxylic acids is 2. The number of aromatic nitrogens is 1. The third-order valence-corrected chi connectivity index (χ3v) is 5.50. The zero-order valence-electron chi connectivity index (χ0n) is 12.8. The lowest BCUT2D eigenvalue weighted by Gasteiger charge is -2.14. The Bertz CT molecular complexity index is 802. The van der Waals surface area contributed by atoms with Crippen molar-refractivity contribution in [2.75, 3.05) is 0 Å². The van der Waals surface area contributed by atoms with Gasteiger partial charge in [0.25, 0.3) is 0 Å². The summed E-state index contributed by atoms with van der Waals surface area (Å²) in [6.45, 7) is 0.211. The van der Waals surface area contributed by atoms with Gasteiger partial charge in [0.2, 0.25) is 11.8 Å². The number of hydrogen-bond donors (Lipinski definition) is 0. The van der Waals surface area contributed by atoms with Crippen molar-refractivity contribution >= 4 is 23.2 Å². The van der Waals surface area contributed by atoms with Crippen molar-refractivity contribution in [3.05, 3.63) is 53.3 Å². The summed E-state index contributed by atoms with van der Waals surface area (Å²) in [6, 6.07) is 6.12. The van der Waals surface area contributed by atoms with E-state index in [4.69, 9.17) is 0 Å². The number of likely N-dealkylation sites (tertiary alicyclic amines) is 1. The molecule has 122 valence electrons. The van der Waals surface area contributed by atoms with Crippen molar-refractivity contribution < 1.29 is 14.0 Å². The minimum absolute atomic E-state index is 0.0920. The number of thiazole rings is 1. The Kier molecular flexibility index (Phi) is 3.76. The molecule has 4 nitrogen and oxygen atoms in total. The molecule has 2 aromatic rings. The number of imide groups is 1. The summed E-state index contributed by atoms with van der Waals surface area (Å²) in [7, 11) is 0. The van der Waals surface area contributed by atoms with E-state index in [1.165, 1.54) is 28.4 Å². The van der Waals surface area contributed by atoms with E-state index >= 15 is 0 Å². The quantitative estimate of drug-likeness (QED) is 0.634. The molecule has 0 N–H and O–H groups in total. The van der Waals surface area contributed by atoms with Crippen LogP contribution in [0.1, 0.15) is 18.5 Å². The van der Waals surface area contributed by atoms with Crippen LogP contribution in [0.3, 0.4) is 0 Å². The second-order valence-electron chi connectivity index (χ2n) is 6.07. The average Bonchev–Trinajstić information content (AvgIpc) is 3.16. The molecule has 0 spiro atoms. The Morgan fingerprint density at radius 2 is 1.71 bits per heavy atom. The lowest BCUT2D eigenvalue weighted by Crippen LogP contribution is -2.30. The first kappa shape index (κ1) is 15.2. The first-order valence-corrected chi connectivity index (χ1v) is 8.72. The molecule has 0 saturated carbocycles. The van der Waals surface area contributed by atoms with E-state index in [-0.39, 0.29) is 36.0 Å². The van der Waals surface area contributed by atoms with Crippen LogP contribution in [0, 0.1) is 17.7 Å². The first-order valence-electron chi connectivity index (χ1n) is 7.84. The van der Waals surface area contributed by atoms with Crippen LogP contribution in [0.15, 0.2) is 41.8 Å². The van der Waals surface area contributed by atoms with Crippen molar-refractivity contribution in [2.45, 2.75) is 19.4 Å². The van der Waals surface area contributed by atoms with Gasteiger partial charge in [-0.2, -0.15) is 0 Å². The third kappa shape index (κ3) is 2.57. The van der Waals surface area contributed by atoms with Crippen LogP contribution in [0.25, 0.3) is 10.6 Å². The number of halogens is 1. The van der Waals surface area contributed by atoms with Gasteiger partial charge in [0.15, 0.2) is 0 Å². The fraction of sp³-hybridized carbons (Fsp3) is 0.278. The number of rotatable bonds is 3. The molecule has 24 heavy (non-hydrogen) atoms. The minimum atomic E-state index is -0.292. The Morgan fingerprint density at radius 3 is 2.33 bits per heavy atom. The second-order valence-corrected chi connectivity index (χ2v) is 6.93. The van der Waals surface area contributed by atoms with Crippen molar-refractivity contribution in [1.29, 1.82) is 0 Å². The molecule has 2 aliphatic rings. The Hall–Kier alpha value is -2.34. The smallest absolute Gasteiger partial charge is 0.233 e. The van der Waals surface area contributed by atoms with Gasteiger partial charge in [-0.25, -0.2) is 9.37 Å². The van der Waals surface area contributed by atoms with Crippen LogP contribution >= 0.6 is 11.3 Å². The lowest BCUT2D eigenvalue weighted by atomic mass is 9.85. The molecule has 4 rings (SSSR count). The highest BCUT2D eigenvalue weighted by Gasteiger charge is 2.47. The molecular weight excluding hydrogens is 327 g/mol. The van der Waals surface area contributed by atoms with E-state index in [0.29, 0.717) is 18.5 Å². The zero-order valence-corrected chi connectivity index (χ0v) is 13.6. The fourth-order valence-corrected chi connectivity index (χ4v) is 4.11. The number of allylic oxidation sites excluding steroid dienone is 2. The van der Waals surface area contributed by atoms with E-state index in [2.05, 4.69) is 4.98 Å². The normalized spacial score (nSPS) is 23.0. The minimum Gasteiger partial charge on any atom is -0.276 e. The van der Waals surface area contributed by atoms with Crippen molar-refractivity contribution in [3.8, 4) is 10.6 Å². The maximum absolute atomic E-state index is 13.0. The second kappa shape index (κ2) is 5.94. The molecule has 6 heteroatoms. The monoisotopic (exact) mass is 342 g/mol. The van der Waals surface area contributed by atoms with Crippen LogP contribution in [0.4, 0.5) is 4.39 Å². The number of nitrogens with zero attached hydrogens (tertiary/aromatic N) is 2. The highest BCUT2D eigenvalue weighted by molar-refractivity contribution is 7.13. The summed E-state index contributed by atoms with van der Waals surface area (Å²) >= 11 is 1.42. The first-order chi connectivity index (χ1) is 11.6. The van der Waals surface area contributed by atoms with Gasteiger partial charge in [-0.15, -0.1) is 11.3 Å². The maximum Gasteiger partial charge on any atom is 0.233 e. The fourth-order valence-electron chi connectivity index (χ4n) is 3.29. The molecular formula is C18H15FN2O2S. The largest absolute Gasteiger partial charge is 0.276 e. The number of carbonyl (C=O) groups is 2. The highest BCUT2D eigenvalue weighted by atomic mass is 32.1. The molecule has 2 amide bonds. The van der Waals surface area contributed by atoms with Gasteiger partial charge in [0, 0.05) is 10.9 Å². The Labute approximate surface area is 142 Å². The number of hydrogen-bond acceptors (Lipinski definition) is 4. The number of amides is 2. The number of fused-ring (bicyclic) bond motifs is 1. The lowest BCUT2D eigenvalue weighted by molar-refractivity contribution is -0.140. The van der Waals surface area contributed by atoms with E-state index in [0.717, 1.165) is 10.6 Å². The average molecular weight is 342 g/mol.